The summed E-state index contributed by atoms with van der Waals surface area (Å²) < 4.78 is 1.96. The fraction of sp³-hybridized carbons (Fsp3) is 0.308. The molecule has 0 atom stereocenters. The first kappa shape index (κ1) is 12.2. The average molecular weight is 247 g/mol. The number of aromatic nitrogens is 2. The maximum Gasteiger partial charge on any atom is 0.0503 e. The van der Waals surface area contributed by atoms with E-state index in [1.807, 2.05) is 42.0 Å². The molecule has 2 rings (SSSR count). The molecule has 2 aromatic rings. The van der Waals surface area contributed by atoms with E-state index >= 15 is 0 Å². The summed E-state index contributed by atoms with van der Waals surface area (Å²) in [5.74, 6) is 1.05. The predicted octanol–water partition coefficient (Wildman–Crippen LogP) is 2.39. The third-order valence-electron chi connectivity index (χ3n) is 2.43. The van der Waals surface area contributed by atoms with Gasteiger partial charge in [-0.15, -0.1) is 11.8 Å². The van der Waals surface area contributed by atoms with Gasteiger partial charge in [0.05, 0.1) is 6.54 Å². The van der Waals surface area contributed by atoms with Crippen molar-refractivity contribution in [2.45, 2.75) is 18.0 Å². The van der Waals surface area contributed by atoms with Crippen molar-refractivity contribution in [1.82, 2.24) is 15.1 Å². The van der Waals surface area contributed by atoms with Crippen LogP contribution in [0.4, 0.5) is 0 Å². The number of nitrogens with one attached hydrogen (secondary N) is 1. The molecule has 0 amide bonds. The monoisotopic (exact) mass is 247 g/mol. The molecule has 0 bridgehead atoms. The molecule has 0 spiro atoms. The van der Waals surface area contributed by atoms with Crippen molar-refractivity contribution in [1.29, 1.82) is 0 Å². The van der Waals surface area contributed by atoms with Gasteiger partial charge in [0.25, 0.3) is 0 Å². The van der Waals surface area contributed by atoms with E-state index in [9.17, 15) is 0 Å². The van der Waals surface area contributed by atoms with Crippen LogP contribution in [-0.4, -0.2) is 22.6 Å². The SMILES string of the molecule is CNCc1cccc(SCCn2cccn2)c1. The molecule has 3 nitrogen and oxygen atoms in total. The zero-order valence-electron chi connectivity index (χ0n) is 9.97. The minimum atomic E-state index is 0.924. The van der Waals surface area contributed by atoms with Crippen LogP contribution in [0.25, 0.3) is 0 Å². The van der Waals surface area contributed by atoms with Crippen molar-refractivity contribution < 1.29 is 0 Å². The maximum absolute atomic E-state index is 4.19. The van der Waals surface area contributed by atoms with Gasteiger partial charge in [0.2, 0.25) is 0 Å². The molecule has 17 heavy (non-hydrogen) atoms. The summed E-state index contributed by atoms with van der Waals surface area (Å²) in [6.45, 7) is 1.88. The molecule has 1 heterocycles. The van der Waals surface area contributed by atoms with E-state index in [4.69, 9.17) is 0 Å². The van der Waals surface area contributed by atoms with E-state index < -0.39 is 0 Å². The number of thioether (sulfide) groups is 1. The maximum atomic E-state index is 4.19. The highest BCUT2D eigenvalue weighted by Crippen LogP contribution is 2.19. The Hall–Kier alpha value is -1.26. The van der Waals surface area contributed by atoms with Gasteiger partial charge in [-0.3, -0.25) is 4.68 Å². The number of hydrogen-bond donors (Lipinski definition) is 1. The highest BCUT2D eigenvalue weighted by Gasteiger charge is 1.97. The molecule has 0 saturated carbocycles. The normalized spacial score (nSPS) is 10.6. The number of rotatable bonds is 6. The minimum absolute atomic E-state index is 0.924. The summed E-state index contributed by atoms with van der Waals surface area (Å²) in [4.78, 5) is 1.32. The lowest BCUT2D eigenvalue weighted by atomic mass is 10.2. The molecule has 0 saturated heterocycles. The Morgan fingerprint density at radius 2 is 2.29 bits per heavy atom. The number of nitrogens with zero attached hydrogens (tertiary/aromatic N) is 2. The summed E-state index contributed by atoms with van der Waals surface area (Å²) in [7, 11) is 1.97. The first-order valence-electron chi connectivity index (χ1n) is 5.72. The van der Waals surface area contributed by atoms with Gasteiger partial charge in [-0.25, -0.2) is 0 Å². The van der Waals surface area contributed by atoms with Crippen LogP contribution in [-0.2, 0) is 13.1 Å². The second-order valence-corrected chi connectivity index (χ2v) is 4.96. The quantitative estimate of drug-likeness (QED) is 0.795. The van der Waals surface area contributed by atoms with Gasteiger partial charge < -0.3 is 5.32 Å². The highest BCUT2D eigenvalue weighted by atomic mass is 32.2. The van der Waals surface area contributed by atoms with Crippen LogP contribution in [0.5, 0.6) is 0 Å². The molecule has 1 N–H and O–H groups in total. The smallest absolute Gasteiger partial charge is 0.0503 e. The van der Waals surface area contributed by atoms with Crippen molar-refractivity contribution in [3.05, 3.63) is 48.3 Å². The fourth-order valence-corrected chi connectivity index (χ4v) is 2.56. The van der Waals surface area contributed by atoms with Crippen molar-refractivity contribution in [2.75, 3.05) is 12.8 Å². The molecule has 90 valence electrons. The Morgan fingerprint density at radius 1 is 1.35 bits per heavy atom. The van der Waals surface area contributed by atoms with Gasteiger partial charge in [0.15, 0.2) is 0 Å². The molecule has 4 heteroatoms. The summed E-state index contributed by atoms with van der Waals surface area (Å²) in [6.07, 6.45) is 3.82. The lowest BCUT2D eigenvalue weighted by molar-refractivity contribution is 0.666. The lowest BCUT2D eigenvalue weighted by Crippen LogP contribution is -2.04. The minimum Gasteiger partial charge on any atom is -0.316 e. The zero-order valence-corrected chi connectivity index (χ0v) is 10.8. The predicted molar refractivity (Wildman–Crippen MR) is 72.2 cm³/mol. The van der Waals surface area contributed by atoms with Crippen molar-refractivity contribution in [3.63, 3.8) is 0 Å². The first-order valence-corrected chi connectivity index (χ1v) is 6.71. The number of aryl methyl sites for hydroxylation is 1. The average Bonchev–Trinajstić information content (AvgIpc) is 2.83. The Kier molecular flexibility index (Phi) is 4.64. The molecule has 0 aliphatic heterocycles. The molecular weight excluding hydrogens is 230 g/mol. The topological polar surface area (TPSA) is 29.9 Å². The first-order chi connectivity index (χ1) is 8.38. The molecule has 1 aromatic heterocycles. The third kappa shape index (κ3) is 3.91. The van der Waals surface area contributed by atoms with Gasteiger partial charge in [-0.05, 0) is 30.8 Å². The molecule has 0 aliphatic carbocycles. The standard InChI is InChI=1S/C13H17N3S/c1-14-11-12-4-2-5-13(10-12)17-9-8-16-7-3-6-15-16/h2-7,10,14H,8-9,11H2,1H3. The van der Waals surface area contributed by atoms with E-state index in [0.717, 1.165) is 18.8 Å². The van der Waals surface area contributed by atoms with Gasteiger partial charge in [0.1, 0.15) is 0 Å². The summed E-state index contributed by atoms with van der Waals surface area (Å²) in [5, 5.41) is 7.35. The third-order valence-corrected chi connectivity index (χ3v) is 3.40. The zero-order chi connectivity index (χ0) is 11.9. The number of hydrogen-bond acceptors (Lipinski definition) is 3. The van der Waals surface area contributed by atoms with Gasteiger partial charge >= 0.3 is 0 Å². The second kappa shape index (κ2) is 6.47. The molecule has 0 fully saturated rings. The largest absolute Gasteiger partial charge is 0.316 e. The Bertz CT molecular complexity index is 440. The summed E-state index contributed by atoms with van der Waals surface area (Å²) >= 11 is 1.87. The summed E-state index contributed by atoms with van der Waals surface area (Å²) in [6, 6.07) is 10.6. The van der Waals surface area contributed by atoms with E-state index in [0.29, 0.717) is 0 Å². The van der Waals surface area contributed by atoms with Crippen LogP contribution >= 0.6 is 11.8 Å². The number of benzene rings is 1. The van der Waals surface area contributed by atoms with Gasteiger partial charge in [-0.2, -0.15) is 5.10 Å². The Balaban J connectivity index is 1.84. The van der Waals surface area contributed by atoms with E-state index in [1.54, 1.807) is 0 Å². The summed E-state index contributed by atoms with van der Waals surface area (Å²) in [5.41, 5.74) is 1.33. The van der Waals surface area contributed by atoms with Crippen LogP contribution in [0.15, 0.2) is 47.6 Å². The molecule has 0 aliphatic rings. The van der Waals surface area contributed by atoms with Crippen LogP contribution in [0.2, 0.25) is 0 Å². The van der Waals surface area contributed by atoms with Crippen molar-refractivity contribution >= 4 is 11.8 Å². The van der Waals surface area contributed by atoms with Crippen LogP contribution in [0, 0.1) is 0 Å². The van der Waals surface area contributed by atoms with Crippen LogP contribution in [0.3, 0.4) is 0 Å². The molecule has 0 radical (unpaired) electrons. The van der Waals surface area contributed by atoms with Gasteiger partial charge in [0, 0.05) is 29.6 Å². The van der Waals surface area contributed by atoms with Crippen LogP contribution in [0.1, 0.15) is 5.56 Å². The molecule has 0 unspecified atom stereocenters. The Labute approximate surface area is 106 Å². The van der Waals surface area contributed by atoms with E-state index in [-0.39, 0.29) is 0 Å². The van der Waals surface area contributed by atoms with Crippen molar-refractivity contribution in [3.8, 4) is 0 Å². The lowest BCUT2D eigenvalue weighted by Gasteiger charge is -2.05. The van der Waals surface area contributed by atoms with Gasteiger partial charge in [-0.1, -0.05) is 12.1 Å². The van der Waals surface area contributed by atoms with E-state index in [2.05, 4.69) is 34.7 Å². The van der Waals surface area contributed by atoms with Crippen LogP contribution < -0.4 is 5.32 Å². The highest BCUT2D eigenvalue weighted by molar-refractivity contribution is 7.99. The van der Waals surface area contributed by atoms with E-state index in [1.165, 1.54) is 10.5 Å². The van der Waals surface area contributed by atoms with Crippen molar-refractivity contribution in [2.24, 2.45) is 0 Å². The fourth-order valence-electron chi connectivity index (χ4n) is 1.64. The molecule has 1 aromatic carbocycles. The second-order valence-electron chi connectivity index (χ2n) is 3.80. The Morgan fingerprint density at radius 3 is 3.06 bits per heavy atom. The molecular formula is C13H17N3S.